The third-order valence-electron chi connectivity index (χ3n) is 6.73. The largest absolute Gasteiger partial charge is 0.497 e. The number of hydrogen-bond donors (Lipinski definition) is 0. The summed E-state index contributed by atoms with van der Waals surface area (Å²) < 4.78 is 32.2. The molecule has 0 bridgehead atoms. The fourth-order valence-corrected chi connectivity index (χ4v) is 5.15. The van der Waals surface area contributed by atoms with Gasteiger partial charge in [0.05, 0.1) is 52.7 Å². The van der Waals surface area contributed by atoms with Gasteiger partial charge in [-0.2, -0.15) is 11.8 Å². The molecular weight excluding hydrogens is 544 g/mol. The lowest BCUT2D eigenvalue weighted by atomic mass is 9.98. The van der Waals surface area contributed by atoms with Crippen LogP contribution in [-0.2, 0) is 33.3 Å². The average molecular weight is 593 g/mol. The van der Waals surface area contributed by atoms with Gasteiger partial charge in [-0.25, -0.2) is 0 Å². The van der Waals surface area contributed by atoms with Crippen LogP contribution in [0.2, 0.25) is 0 Å². The van der Waals surface area contributed by atoms with Gasteiger partial charge in [0.1, 0.15) is 19.0 Å². The van der Waals surface area contributed by atoms with Crippen LogP contribution < -0.4 is 4.74 Å². The van der Waals surface area contributed by atoms with Gasteiger partial charge in [0, 0.05) is 11.7 Å². The van der Waals surface area contributed by atoms with E-state index in [4.69, 9.17) is 28.4 Å². The second-order valence-electron chi connectivity index (χ2n) is 9.81. The first-order chi connectivity index (χ1) is 20.0. The summed E-state index contributed by atoms with van der Waals surface area (Å²) in [5, 5.41) is 2.80. The second kappa shape index (κ2) is 21.4. The highest BCUT2D eigenvalue weighted by atomic mass is 32.2. The smallest absolute Gasteiger partial charge is 0.313 e. The molecule has 2 aromatic carbocycles. The van der Waals surface area contributed by atoms with Crippen molar-refractivity contribution in [2.75, 3.05) is 66.2 Å². The number of hydrogen-bond acceptors (Lipinski definition) is 9. The van der Waals surface area contributed by atoms with E-state index in [1.54, 1.807) is 7.11 Å². The van der Waals surface area contributed by atoms with Crippen molar-refractivity contribution in [3.63, 3.8) is 0 Å². The molecule has 0 fully saturated rings. The van der Waals surface area contributed by atoms with Crippen LogP contribution in [0.4, 0.5) is 0 Å². The number of methoxy groups -OCH3 is 1. The van der Waals surface area contributed by atoms with Crippen molar-refractivity contribution in [1.82, 2.24) is 0 Å². The molecule has 0 spiro atoms. The minimum Gasteiger partial charge on any atom is -0.497 e. The lowest BCUT2D eigenvalue weighted by Crippen LogP contribution is -2.17. The van der Waals surface area contributed by atoms with Gasteiger partial charge in [0.25, 0.3) is 0 Å². The number of rotatable bonds is 23. The number of esters is 2. The third-order valence-corrected chi connectivity index (χ3v) is 7.87. The van der Waals surface area contributed by atoms with E-state index in [2.05, 4.69) is 13.2 Å². The summed E-state index contributed by atoms with van der Waals surface area (Å²) in [5.74, 6) is -0.0169. The van der Waals surface area contributed by atoms with Crippen molar-refractivity contribution in [3.8, 4) is 5.75 Å². The Hall–Kier alpha value is -2.33. The van der Waals surface area contributed by atoms with Crippen molar-refractivity contribution in [2.24, 2.45) is 0 Å². The molecule has 0 aliphatic heterocycles. The second-order valence-corrected chi connectivity index (χ2v) is 10.9. The number of fused-ring (bicyclic) bond motifs is 1. The first-order valence-corrected chi connectivity index (χ1v) is 15.9. The standard InChI is InChI=1S/C32H48O8S/c1-5-8-30(41-4)9-6-7-10-31(33)39-21-19-37-17-15-36-16-18-38-20-22-40-32(34)25(2)26-11-12-28-24-29(35-3)14-13-27(28)23-26/h11-14,23-25,30H,5-10,15-22H2,1-4H3. The Balaban J connectivity index is 1.41. The molecule has 2 atom stereocenters. The lowest BCUT2D eigenvalue weighted by Gasteiger charge is -2.13. The Morgan fingerprint density at radius 3 is 2.02 bits per heavy atom. The SMILES string of the molecule is CCCC(CCCCC(=O)OCCOCCOCCOCCOC(=O)C(C)c1ccc2cc(OC)ccc2c1)SC. The van der Waals surface area contributed by atoms with Gasteiger partial charge in [0.2, 0.25) is 0 Å². The highest BCUT2D eigenvalue weighted by molar-refractivity contribution is 7.99. The van der Waals surface area contributed by atoms with E-state index in [1.807, 2.05) is 55.1 Å². The first-order valence-electron chi connectivity index (χ1n) is 14.6. The summed E-state index contributed by atoms with van der Waals surface area (Å²) in [7, 11) is 1.64. The molecule has 0 amide bonds. The normalized spacial score (nSPS) is 12.7. The van der Waals surface area contributed by atoms with Crippen LogP contribution >= 0.6 is 11.8 Å². The molecule has 230 valence electrons. The monoisotopic (exact) mass is 592 g/mol. The number of benzene rings is 2. The maximum absolute atomic E-state index is 12.4. The zero-order valence-electron chi connectivity index (χ0n) is 25.2. The highest BCUT2D eigenvalue weighted by Gasteiger charge is 2.17. The molecule has 0 heterocycles. The highest BCUT2D eigenvalue weighted by Crippen LogP contribution is 2.26. The van der Waals surface area contributed by atoms with Gasteiger partial charge in [-0.05, 0) is 60.9 Å². The molecular formula is C32H48O8S. The van der Waals surface area contributed by atoms with Crippen LogP contribution in [-0.4, -0.2) is 83.4 Å². The zero-order chi connectivity index (χ0) is 29.7. The molecule has 0 aliphatic rings. The molecule has 0 N–H and O–H groups in total. The number of carbonyl (C=O) groups excluding carboxylic acids is 2. The Bertz CT molecular complexity index is 1010. The fraction of sp³-hybridized carbons (Fsp3) is 0.625. The lowest BCUT2D eigenvalue weighted by molar-refractivity contribution is -0.147. The summed E-state index contributed by atoms with van der Waals surface area (Å²) in [5.41, 5.74) is 0.903. The maximum Gasteiger partial charge on any atom is 0.313 e. The molecule has 9 heteroatoms. The van der Waals surface area contributed by atoms with Gasteiger partial charge in [0.15, 0.2) is 0 Å². The van der Waals surface area contributed by atoms with E-state index in [-0.39, 0.29) is 31.1 Å². The van der Waals surface area contributed by atoms with Crippen molar-refractivity contribution < 1.29 is 38.0 Å². The molecule has 41 heavy (non-hydrogen) atoms. The van der Waals surface area contributed by atoms with E-state index >= 15 is 0 Å². The van der Waals surface area contributed by atoms with Gasteiger partial charge in [-0.3, -0.25) is 9.59 Å². The van der Waals surface area contributed by atoms with Crippen molar-refractivity contribution >= 4 is 34.5 Å². The summed E-state index contributed by atoms with van der Waals surface area (Å²) >= 11 is 1.92. The minimum atomic E-state index is -0.374. The Labute approximate surface area is 249 Å². The molecule has 0 radical (unpaired) electrons. The van der Waals surface area contributed by atoms with Gasteiger partial charge in [-0.1, -0.05) is 44.0 Å². The molecule has 0 aromatic heterocycles. The van der Waals surface area contributed by atoms with Crippen LogP contribution in [0.1, 0.15) is 63.9 Å². The number of carbonyl (C=O) groups is 2. The van der Waals surface area contributed by atoms with E-state index in [0.29, 0.717) is 51.3 Å². The Morgan fingerprint density at radius 1 is 0.780 bits per heavy atom. The predicted molar refractivity (Wildman–Crippen MR) is 164 cm³/mol. The average Bonchev–Trinajstić information content (AvgIpc) is 2.99. The molecule has 0 saturated heterocycles. The molecule has 2 unspecified atom stereocenters. The third kappa shape index (κ3) is 14.4. The number of thioether (sulfide) groups is 1. The molecule has 2 aromatic rings. The van der Waals surface area contributed by atoms with Crippen molar-refractivity contribution in [1.29, 1.82) is 0 Å². The molecule has 2 rings (SSSR count). The van der Waals surface area contributed by atoms with Gasteiger partial charge < -0.3 is 28.4 Å². The van der Waals surface area contributed by atoms with Crippen LogP contribution in [0.3, 0.4) is 0 Å². The first kappa shape index (κ1) is 34.9. The van der Waals surface area contributed by atoms with Crippen LogP contribution in [0.5, 0.6) is 5.75 Å². The zero-order valence-corrected chi connectivity index (χ0v) is 26.0. The van der Waals surface area contributed by atoms with Gasteiger partial charge >= 0.3 is 11.9 Å². The quantitative estimate of drug-likeness (QED) is 0.111. The number of ether oxygens (including phenoxy) is 6. The Morgan fingerprint density at radius 2 is 1.39 bits per heavy atom. The number of unbranched alkanes of at least 4 members (excludes halogenated alkanes) is 1. The predicted octanol–water partition coefficient (Wildman–Crippen LogP) is 6.18. The van der Waals surface area contributed by atoms with Crippen molar-refractivity contribution in [2.45, 2.75) is 63.5 Å². The van der Waals surface area contributed by atoms with Crippen LogP contribution in [0.25, 0.3) is 10.8 Å². The fourth-order valence-electron chi connectivity index (χ4n) is 4.27. The molecule has 0 saturated carbocycles. The maximum atomic E-state index is 12.4. The van der Waals surface area contributed by atoms with E-state index < -0.39 is 0 Å². The minimum absolute atomic E-state index is 0.159. The molecule has 8 nitrogen and oxygen atoms in total. The van der Waals surface area contributed by atoms with E-state index in [1.165, 1.54) is 12.8 Å². The van der Waals surface area contributed by atoms with Crippen LogP contribution in [0.15, 0.2) is 36.4 Å². The molecule has 0 aliphatic carbocycles. The van der Waals surface area contributed by atoms with Crippen molar-refractivity contribution in [3.05, 3.63) is 42.0 Å². The summed E-state index contributed by atoms with van der Waals surface area (Å²) in [4.78, 5) is 24.3. The van der Waals surface area contributed by atoms with E-state index in [0.717, 1.165) is 41.3 Å². The summed E-state index contributed by atoms with van der Waals surface area (Å²) in [6.07, 6.45) is 8.16. The summed E-state index contributed by atoms with van der Waals surface area (Å²) in [6.45, 7) is 6.82. The Kier molecular flexibility index (Phi) is 18.2. The van der Waals surface area contributed by atoms with Crippen LogP contribution in [0, 0.1) is 0 Å². The van der Waals surface area contributed by atoms with E-state index in [9.17, 15) is 9.59 Å². The van der Waals surface area contributed by atoms with Gasteiger partial charge in [-0.15, -0.1) is 0 Å². The topological polar surface area (TPSA) is 89.5 Å². The summed E-state index contributed by atoms with van der Waals surface area (Å²) in [6, 6.07) is 11.8.